The van der Waals surface area contributed by atoms with Crippen LogP contribution in [0.2, 0.25) is 0 Å². The molecule has 2 aliphatic rings. The van der Waals surface area contributed by atoms with Gasteiger partial charge in [-0.2, -0.15) is 0 Å². The molecule has 2 heterocycles. The van der Waals surface area contributed by atoms with Crippen LogP contribution in [-0.4, -0.2) is 28.9 Å². The Morgan fingerprint density at radius 3 is 2.64 bits per heavy atom. The van der Waals surface area contributed by atoms with E-state index in [2.05, 4.69) is 4.90 Å². The number of carbonyl (C=O) groups excluding carboxylic acids is 1. The third-order valence-electron chi connectivity index (χ3n) is 5.45. The van der Waals surface area contributed by atoms with Crippen LogP contribution in [0.1, 0.15) is 52.7 Å². The highest BCUT2D eigenvalue weighted by atomic mass is 19.1. The van der Waals surface area contributed by atoms with Crippen molar-refractivity contribution in [1.82, 2.24) is 4.90 Å². The van der Waals surface area contributed by atoms with Gasteiger partial charge in [-0.3, -0.25) is 9.69 Å². The van der Waals surface area contributed by atoms with Crippen LogP contribution in [0.25, 0.3) is 6.08 Å². The predicted molar refractivity (Wildman–Crippen MR) is 106 cm³/mol. The lowest BCUT2D eigenvalue weighted by atomic mass is 9.99. The van der Waals surface area contributed by atoms with Crippen molar-refractivity contribution in [2.75, 3.05) is 13.1 Å². The first-order chi connectivity index (χ1) is 13.5. The summed E-state index contributed by atoms with van der Waals surface area (Å²) in [6, 6.07) is 7.66. The second kappa shape index (κ2) is 7.76. The average Bonchev–Trinajstić information content (AvgIpc) is 2.83. The molecule has 1 fully saturated rings. The molecule has 5 heteroatoms. The van der Waals surface area contributed by atoms with E-state index < -0.39 is 0 Å². The molecule has 0 aliphatic carbocycles. The second-order valence-electron chi connectivity index (χ2n) is 7.58. The molecule has 28 heavy (non-hydrogen) atoms. The Labute approximate surface area is 164 Å². The number of ether oxygens (including phenoxy) is 1. The van der Waals surface area contributed by atoms with Gasteiger partial charge in [-0.1, -0.05) is 25.0 Å². The lowest BCUT2D eigenvalue weighted by molar-refractivity contribution is 0.101. The van der Waals surface area contributed by atoms with Crippen LogP contribution in [0.4, 0.5) is 4.39 Å². The van der Waals surface area contributed by atoms with Crippen molar-refractivity contribution in [2.45, 2.75) is 39.2 Å². The summed E-state index contributed by atoms with van der Waals surface area (Å²) in [5, 5.41) is 10.6. The Hall–Kier alpha value is -2.66. The molecular weight excluding hydrogens is 357 g/mol. The Kier molecular flexibility index (Phi) is 5.18. The summed E-state index contributed by atoms with van der Waals surface area (Å²) in [4.78, 5) is 15.2. The zero-order valence-corrected chi connectivity index (χ0v) is 16.0. The molecule has 1 N–H and O–H groups in total. The van der Waals surface area contributed by atoms with Gasteiger partial charge in [0.1, 0.15) is 17.3 Å². The van der Waals surface area contributed by atoms with E-state index in [0.29, 0.717) is 34.5 Å². The first-order valence-corrected chi connectivity index (χ1v) is 9.80. The molecule has 0 amide bonds. The third kappa shape index (κ3) is 3.67. The van der Waals surface area contributed by atoms with Crippen LogP contribution in [0.3, 0.4) is 0 Å². The Bertz CT molecular complexity index is 943. The standard InChI is InChI=1S/C23H24FNO3/c1-15-11-19(26)18(14-25-9-4-2-3-5-10-25)23-21(15)22(27)20(28-23)13-16-7-6-8-17(24)12-16/h6-8,11-13,26H,2-5,9-10,14H2,1H3/b20-13-. The Morgan fingerprint density at radius 1 is 1.18 bits per heavy atom. The molecule has 4 rings (SSSR count). The van der Waals surface area contributed by atoms with Crippen molar-refractivity contribution in [2.24, 2.45) is 0 Å². The maximum atomic E-state index is 13.5. The number of fused-ring (bicyclic) bond motifs is 1. The Balaban J connectivity index is 1.69. The van der Waals surface area contributed by atoms with E-state index in [1.807, 2.05) is 0 Å². The zero-order chi connectivity index (χ0) is 19.7. The van der Waals surface area contributed by atoms with E-state index in [4.69, 9.17) is 4.74 Å². The van der Waals surface area contributed by atoms with Gasteiger partial charge in [0.2, 0.25) is 5.78 Å². The van der Waals surface area contributed by atoms with Gasteiger partial charge >= 0.3 is 0 Å². The van der Waals surface area contributed by atoms with Crippen molar-refractivity contribution in [3.8, 4) is 11.5 Å². The van der Waals surface area contributed by atoms with E-state index in [1.54, 1.807) is 31.2 Å². The van der Waals surface area contributed by atoms with Gasteiger partial charge in [-0.15, -0.1) is 0 Å². The van der Waals surface area contributed by atoms with Crippen molar-refractivity contribution in [3.05, 3.63) is 64.2 Å². The van der Waals surface area contributed by atoms with Gasteiger partial charge in [0.05, 0.1) is 11.1 Å². The number of hydrogen-bond donors (Lipinski definition) is 1. The number of likely N-dealkylation sites (tertiary alicyclic amines) is 1. The highest BCUT2D eigenvalue weighted by Crippen LogP contribution is 2.42. The summed E-state index contributed by atoms with van der Waals surface area (Å²) in [5.74, 6) is 0.156. The predicted octanol–water partition coefficient (Wildman–Crippen LogP) is 4.83. The van der Waals surface area contributed by atoms with Gasteiger partial charge in [0, 0.05) is 6.54 Å². The summed E-state index contributed by atoms with van der Waals surface area (Å²) in [6.07, 6.45) is 6.28. The van der Waals surface area contributed by atoms with Crippen LogP contribution < -0.4 is 4.74 Å². The fourth-order valence-electron chi connectivity index (χ4n) is 4.00. The normalized spacial score (nSPS) is 18.8. The molecule has 0 spiro atoms. The largest absolute Gasteiger partial charge is 0.507 e. The zero-order valence-electron chi connectivity index (χ0n) is 16.0. The maximum absolute atomic E-state index is 13.5. The fourth-order valence-corrected chi connectivity index (χ4v) is 4.00. The van der Waals surface area contributed by atoms with E-state index in [-0.39, 0.29) is 23.1 Å². The summed E-state index contributed by atoms with van der Waals surface area (Å²) < 4.78 is 19.4. The molecular formula is C23H24FNO3. The van der Waals surface area contributed by atoms with Gasteiger partial charge in [-0.25, -0.2) is 4.39 Å². The molecule has 0 saturated carbocycles. The minimum atomic E-state index is -0.368. The molecule has 4 nitrogen and oxygen atoms in total. The molecule has 0 bridgehead atoms. The molecule has 0 aromatic heterocycles. The number of ketones is 1. The number of Topliss-reactive ketones (excluding diaryl/α,β-unsaturated/α-hetero) is 1. The number of nitrogens with zero attached hydrogens (tertiary/aromatic N) is 1. The maximum Gasteiger partial charge on any atom is 0.232 e. The van der Waals surface area contributed by atoms with Gasteiger partial charge in [0.25, 0.3) is 0 Å². The van der Waals surface area contributed by atoms with E-state index in [0.717, 1.165) is 25.9 Å². The summed E-state index contributed by atoms with van der Waals surface area (Å²) in [6.45, 7) is 4.29. The molecule has 2 aromatic rings. The number of aryl methyl sites for hydroxylation is 1. The SMILES string of the molecule is Cc1cc(O)c(CN2CCCCCC2)c2c1C(=O)/C(=C/c1cccc(F)c1)O2. The van der Waals surface area contributed by atoms with E-state index in [9.17, 15) is 14.3 Å². The van der Waals surface area contributed by atoms with Crippen molar-refractivity contribution in [3.63, 3.8) is 0 Å². The molecule has 146 valence electrons. The lowest BCUT2D eigenvalue weighted by Crippen LogP contribution is -2.24. The van der Waals surface area contributed by atoms with E-state index in [1.165, 1.54) is 25.0 Å². The number of carbonyl (C=O) groups is 1. The van der Waals surface area contributed by atoms with Crippen LogP contribution in [0, 0.1) is 12.7 Å². The monoisotopic (exact) mass is 381 g/mol. The minimum absolute atomic E-state index is 0.153. The number of allylic oxidation sites excluding steroid dienone is 1. The van der Waals surface area contributed by atoms with Crippen LogP contribution in [0.15, 0.2) is 36.1 Å². The van der Waals surface area contributed by atoms with Crippen LogP contribution in [-0.2, 0) is 6.54 Å². The average molecular weight is 381 g/mol. The quantitative estimate of drug-likeness (QED) is 0.774. The second-order valence-corrected chi connectivity index (χ2v) is 7.58. The van der Waals surface area contributed by atoms with Crippen LogP contribution in [0.5, 0.6) is 11.5 Å². The first kappa shape index (κ1) is 18.7. The molecule has 1 saturated heterocycles. The molecule has 0 unspecified atom stereocenters. The number of phenols is 1. The summed E-state index contributed by atoms with van der Waals surface area (Å²) in [5.41, 5.74) is 2.38. The van der Waals surface area contributed by atoms with E-state index >= 15 is 0 Å². The van der Waals surface area contributed by atoms with Crippen LogP contribution >= 0.6 is 0 Å². The highest BCUT2D eigenvalue weighted by molar-refractivity contribution is 6.15. The lowest BCUT2D eigenvalue weighted by Gasteiger charge is -2.21. The summed E-state index contributed by atoms with van der Waals surface area (Å²) >= 11 is 0. The van der Waals surface area contributed by atoms with Gasteiger partial charge in [-0.05, 0) is 68.3 Å². The first-order valence-electron chi connectivity index (χ1n) is 9.80. The fraction of sp³-hybridized carbons (Fsp3) is 0.348. The number of halogens is 1. The molecule has 0 radical (unpaired) electrons. The minimum Gasteiger partial charge on any atom is -0.507 e. The number of phenolic OH excluding ortho intramolecular Hbond substituents is 1. The third-order valence-corrected chi connectivity index (χ3v) is 5.45. The van der Waals surface area contributed by atoms with Gasteiger partial charge < -0.3 is 9.84 Å². The number of aromatic hydroxyl groups is 1. The molecule has 2 aliphatic heterocycles. The molecule has 0 atom stereocenters. The molecule has 2 aromatic carbocycles. The number of benzene rings is 2. The van der Waals surface area contributed by atoms with Crippen molar-refractivity contribution in [1.29, 1.82) is 0 Å². The Morgan fingerprint density at radius 2 is 1.93 bits per heavy atom. The van der Waals surface area contributed by atoms with Crippen molar-refractivity contribution >= 4 is 11.9 Å². The topological polar surface area (TPSA) is 49.8 Å². The summed E-state index contributed by atoms with van der Waals surface area (Å²) in [7, 11) is 0. The van der Waals surface area contributed by atoms with Crippen molar-refractivity contribution < 1.29 is 19.0 Å². The number of hydrogen-bond acceptors (Lipinski definition) is 4. The smallest absolute Gasteiger partial charge is 0.232 e. The highest BCUT2D eigenvalue weighted by Gasteiger charge is 2.33. The van der Waals surface area contributed by atoms with Gasteiger partial charge in [0.15, 0.2) is 5.76 Å². The number of rotatable bonds is 3.